The number of amides is 1. The average molecular weight is 395 g/mol. The summed E-state index contributed by atoms with van der Waals surface area (Å²) in [4.78, 5) is 12.5. The van der Waals surface area contributed by atoms with E-state index in [2.05, 4.69) is 15.5 Å². The van der Waals surface area contributed by atoms with Crippen LogP contribution in [0.15, 0.2) is 48.5 Å². The van der Waals surface area contributed by atoms with Gasteiger partial charge in [-0.25, -0.2) is 0 Å². The number of nitrogens with one attached hydrogen (secondary N) is 2. The number of H-pyrrole nitrogens is 1. The maximum Gasteiger partial charge on any atom is 0.269 e. The molecule has 3 rings (SSSR count). The Morgan fingerprint density at radius 2 is 1.76 bits per heavy atom. The van der Waals surface area contributed by atoms with Crippen LogP contribution in [-0.4, -0.2) is 36.4 Å². The molecule has 2 N–H and O–H groups in total. The van der Waals surface area contributed by atoms with Crippen molar-refractivity contribution in [1.82, 2.24) is 15.5 Å². The van der Waals surface area contributed by atoms with Crippen LogP contribution in [0.25, 0.3) is 11.3 Å². The van der Waals surface area contributed by atoms with E-state index in [1.165, 1.54) is 0 Å². The molecule has 7 heteroatoms. The summed E-state index contributed by atoms with van der Waals surface area (Å²) >= 11 is 0. The van der Waals surface area contributed by atoms with Crippen molar-refractivity contribution in [2.24, 2.45) is 0 Å². The summed E-state index contributed by atoms with van der Waals surface area (Å²) in [5.74, 6) is 1.87. The number of methoxy groups -OCH3 is 2. The number of ether oxygens (including phenoxy) is 3. The molecule has 0 saturated carbocycles. The molecule has 0 saturated heterocycles. The molecule has 0 radical (unpaired) electrons. The largest absolute Gasteiger partial charge is 0.497 e. The van der Waals surface area contributed by atoms with Gasteiger partial charge in [0.25, 0.3) is 5.91 Å². The fraction of sp³-hybridized carbons (Fsp3) is 0.273. The van der Waals surface area contributed by atoms with Crippen molar-refractivity contribution in [3.8, 4) is 28.5 Å². The molecule has 0 aliphatic carbocycles. The van der Waals surface area contributed by atoms with Crippen LogP contribution in [0.4, 0.5) is 0 Å². The van der Waals surface area contributed by atoms with Gasteiger partial charge in [-0.15, -0.1) is 0 Å². The van der Waals surface area contributed by atoms with Crippen LogP contribution in [0.2, 0.25) is 0 Å². The first-order valence-corrected chi connectivity index (χ1v) is 9.31. The van der Waals surface area contributed by atoms with Gasteiger partial charge in [0.05, 0.1) is 26.0 Å². The second-order valence-electron chi connectivity index (χ2n) is 6.73. The van der Waals surface area contributed by atoms with Crippen LogP contribution in [0, 0.1) is 0 Å². The SMILES string of the molecule is COc1ccc(-c2cc(C(=O)NCc3ccc(OC(C)C)cc3)[nH]n2)c(OC)c1. The topological polar surface area (TPSA) is 85.5 Å². The third-order valence-electron chi connectivity index (χ3n) is 4.26. The Morgan fingerprint density at radius 1 is 1.03 bits per heavy atom. The second kappa shape index (κ2) is 9.14. The third-order valence-corrected chi connectivity index (χ3v) is 4.26. The molecule has 0 unspecified atom stereocenters. The van der Waals surface area contributed by atoms with Crippen LogP contribution in [0.3, 0.4) is 0 Å². The highest BCUT2D eigenvalue weighted by atomic mass is 16.5. The van der Waals surface area contributed by atoms with E-state index in [1.54, 1.807) is 26.4 Å². The van der Waals surface area contributed by atoms with Crippen LogP contribution in [0.5, 0.6) is 17.2 Å². The number of benzene rings is 2. The van der Waals surface area contributed by atoms with E-state index in [-0.39, 0.29) is 12.0 Å². The number of hydrogen-bond donors (Lipinski definition) is 2. The fourth-order valence-corrected chi connectivity index (χ4v) is 2.82. The maximum absolute atomic E-state index is 12.5. The van der Waals surface area contributed by atoms with Crippen LogP contribution in [0.1, 0.15) is 29.9 Å². The Bertz CT molecular complexity index is 964. The molecule has 2 aromatic carbocycles. The first kappa shape index (κ1) is 20.3. The lowest BCUT2D eigenvalue weighted by atomic mass is 10.1. The van der Waals surface area contributed by atoms with Crippen molar-refractivity contribution in [2.75, 3.05) is 14.2 Å². The van der Waals surface area contributed by atoms with E-state index < -0.39 is 0 Å². The third kappa shape index (κ3) is 5.07. The Hall–Kier alpha value is -3.48. The van der Waals surface area contributed by atoms with Crippen molar-refractivity contribution in [2.45, 2.75) is 26.5 Å². The molecule has 0 atom stereocenters. The smallest absolute Gasteiger partial charge is 0.269 e. The number of aromatic amines is 1. The molecule has 3 aromatic rings. The number of aromatic nitrogens is 2. The summed E-state index contributed by atoms with van der Waals surface area (Å²) in [6.07, 6.45) is 0.124. The van der Waals surface area contributed by atoms with Gasteiger partial charge in [0, 0.05) is 18.2 Å². The van der Waals surface area contributed by atoms with Crippen molar-refractivity contribution < 1.29 is 19.0 Å². The van der Waals surface area contributed by atoms with E-state index in [4.69, 9.17) is 14.2 Å². The number of hydrogen-bond acceptors (Lipinski definition) is 5. The monoisotopic (exact) mass is 395 g/mol. The molecular formula is C22H25N3O4. The summed E-state index contributed by atoms with van der Waals surface area (Å²) in [5, 5.41) is 9.91. The van der Waals surface area contributed by atoms with Crippen molar-refractivity contribution in [1.29, 1.82) is 0 Å². The lowest BCUT2D eigenvalue weighted by Crippen LogP contribution is -2.23. The summed E-state index contributed by atoms with van der Waals surface area (Å²) in [5.41, 5.74) is 2.73. The van der Waals surface area contributed by atoms with Gasteiger partial charge in [-0.2, -0.15) is 5.10 Å². The van der Waals surface area contributed by atoms with E-state index >= 15 is 0 Å². The molecule has 0 fully saturated rings. The quantitative estimate of drug-likeness (QED) is 0.606. The molecule has 0 bridgehead atoms. The lowest BCUT2D eigenvalue weighted by Gasteiger charge is -2.10. The summed E-state index contributed by atoms with van der Waals surface area (Å²) in [6, 6.07) is 14.8. The van der Waals surface area contributed by atoms with Gasteiger partial charge < -0.3 is 19.5 Å². The van der Waals surface area contributed by atoms with E-state index in [9.17, 15) is 4.79 Å². The molecule has 0 aliphatic rings. The zero-order valence-electron chi connectivity index (χ0n) is 17.0. The summed E-state index contributed by atoms with van der Waals surface area (Å²) < 4.78 is 16.2. The summed E-state index contributed by atoms with van der Waals surface area (Å²) in [6.45, 7) is 4.36. The van der Waals surface area contributed by atoms with Gasteiger partial charge >= 0.3 is 0 Å². The first-order chi connectivity index (χ1) is 14.0. The van der Waals surface area contributed by atoms with Gasteiger partial charge in [-0.1, -0.05) is 12.1 Å². The van der Waals surface area contributed by atoms with Gasteiger partial charge in [0.15, 0.2) is 0 Å². The van der Waals surface area contributed by atoms with E-state index in [1.807, 2.05) is 50.2 Å². The molecule has 1 heterocycles. The van der Waals surface area contributed by atoms with E-state index in [0.717, 1.165) is 16.9 Å². The molecule has 0 spiro atoms. The van der Waals surface area contributed by atoms with Gasteiger partial charge in [-0.3, -0.25) is 9.89 Å². The Labute approximate surface area is 170 Å². The molecule has 152 valence electrons. The van der Waals surface area contributed by atoms with Crippen LogP contribution in [-0.2, 0) is 6.54 Å². The maximum atomic E-state index is 12.5. The van der Waals surface area contributed by atoms with Gasteiger partial charge in [0.2, 0.25) is 0 Å². The zero-order valence-corrected chi connectivity index (χ0v) is 17.0. The second-order valence-corrected chi connectivity index (χ2v) is 6.73. The predicted molar refractivity (Wildman–Crippen MR) is 111 cm³/mol. The molecule has 29 heavy (non-hydrogen) atoms. The Morgan fingerprint density at radius 3 is 2.41 bits per heavy atom. The lowest BCUT2D eigenvalue weighted by molar-refractivity contribution is 0.0946. The minimum absolute atomic E-state index is 0.124. The highest BCUT2D eigenvalue weighted by molar-refractivity contribution is 5.93. The molecule has 7 nitrogen and oxygen atoms in total. The highest BCUT2D eigenvalue weighted by Gasteiger charge is 2.14. The van der Waals surface area contributed by atoms with E-state index in [0.29, 0.717) is 29.4 Å². The fourth-order valence-electron chi connectivity index (χ4n) is 2.82. The first-order valence-electron chi connectivity index (χ1n) is 9.31. The summed E-state index contributed by atoms with van der Waals surface area (Å²) in [7, 11) is 3.17. The molecular weight excluding hydrogens is 370 g/mol. The normalized spacial score (nSPS) is 10.7. The minimum atomic E-state index is -0.237. The standard InChI is InChI=1S/C22H25N3O4/c1-14(2)29-16-7-5-15(6-8-16)13-23-22(26)20-12-19(24-25-20)18-10-9-17(27-3)11-21(18)28-4/h5-12,14H,13H2,1-4H3,(H,23,26)(H,24,25). The Kier molecular flexibility index (Phi) is 6.39. The van der Waals surface area contributed by atoms with Crippen molar-refractivity contribution in [3.05, 3.63) is 59.8 Å². The number of nitrogens with zero attached hydrogens (tertiary/aromatic N) is 1. The molecule has 1 aromatic heterocycles. The minimum Gasteiger partial charge on any atom is -0.497 e. The number of carbonyl (C=O) groups excluding carboxylic acids is 1. The van der Waals surface area contributed by atoms with Gasteiger partial charge in [0.1, 0.15) is 22.9 Å². The van der Waals surface area contributed by atoms with Crippen LogP contribution < -0.4 is 19.5 Å². The molecule has 1 amide bonds. The predicted octanol–water partition coefficient (Wildman–Crippen LogP) is 3.81. The number of carbonyl (C=O) groups is 1. The van der Waals surface area contributed by atoms with Crippen molar-refractivity contribution >= 4 is 5.91 Å². The number of rotatable bonds is 8. The van der Waals surface area contributed by atoms with Gasteiger partial charge in [-0.05, 0) is 49.7 Å². The Balaban J connectivity index is 1.65. The molecule has 0 aliphatic heterocycles. The zero-order chi connectivity index (χ0) is 20.8. The highest BCUT2D eigenvalue weighted by Crippen LogP contribution is 2.32. The average Bonchev–Trinajstić information content (AvgIpc) is 3.22. The van der Waals surface area contributed by atoms with Crippen molar-refractivity contribution in [3.63, 3.8) is 0 Å². The van der Waals surface area contributed by atoms with Crippen LogP contribution >= 0.6 is 0 Å².